The fraction of sp³-hybridized carbons (Fsp3) is 0.333. The Labute approximate surface area is 163 Å². The van der Waals surface area contributed by atoms with E-state index in [-0.39, 0.29) is 36.7 Å². The first-order valence-corrected chi connectivity index (χ1v) is 9.21. The number of hydrogen-bond donors (Lipinski definition) is 1. The number of nitrogens with one attached hydrogen (secondary N) is 1. The quantitative estimate of drug-likeness (QED) is 0.791. The predicted molar refractivity (Wildman–Crippen MR) is 103 cm³/mol. The number of benzene rings is 2. The summed E-state index contributed by atoms with van der Waals surface area (Å²) in [4.78, 5) is 26.7. The lowest BCUT2D eigenvalue weighted by atomic mass is 10.1. The zero-order chi connectivity index (χ0) is 19.9. The van der Waals surface area contributed by atoms with Crippen molar-refractivity contribution in [2.75, 3.05) is 25.2 Å². The summed E-state index contributed by atoms with van der Waals surface area (Å²) >= 11 is 0. The summed E-state index contributed by atoms with van der Waals surface area (Å²) in [6.07, 6.45) is 1.72. The smallest absolute Gasteiger partial charge is 0.250 e. The molecular formula is C21H23FN2O4. The summed E-state index contributed by atoms with van der Waals surface area (Å²) in [6, 6.07) is 12.0. The van der Waals surface area contributed by atoms with Crippen LogP contribution in [0.3, 0.4) is 0 Å². The lowest BCUT2D eigenvalue weighted by Crippen LogP contribution is -2.47. The van der Waals surface area contributed by atoms with Gasteiger partial charge in [0, 0.05) is 7.11 Å². The maximum absolute atomic E-state index is 13.0. The van der Waals surface area contributed by atoms with Crippen molar-refractivity contribution in [1.82, 2.24) is 5.32 Å². The van der Waals surface area contributed by atoms with E-state index >= 15 is 0 Å². The Kier molecular flexibility index (Phi) is 6.73. The van der Waals surface area contributed by atoms with E-state index in [2.05, 4.69) is 5.32 Å². The van der Waals surface area contributed by atoms with Crippen LogP contribution in [0.4, 0.5) is 10.1 Å². The van der Waals surface area contributed by atoms with Crippen molar-refractivity contribution in [3.63, 3.8) is 0 Å². The Balaban J connectivity index is 1.77. The van der Waals surface area contributed by atoms with Gasteiger partial charge in [-0.25, -0.2) is 9.29 Å². The molecule has 7 heteroatoms. The van der Waals surface area contributed by atoms with Crippen LogP contribution in [0.5, 0.6) is 11.5 Å². The summed E-state index contributed by atoms with van der Waals surface area (Å²) in [5.41, 5.74) is 0.478. The minimum absolute atomic E-state index is 0.114. The molecule has 0 spiro atoms. The molecule has 1 heterocycles. The molecule has 1 aliphatic heterocycles. The maximum Gasteiger partial charge on any atom is 0.250 e. The van der Waals surface area contributed by atoms with Gasteiger partial charge in [-0.15, -0.1) is 0 Å². The van der Waals surface area contributed by atoms with Gasteiger partial charge in [0.25, 0.3) is 5.91 Å². The predicted octanol–water partition coefficient (Wildman–Crippen LogP) is 3.27. The number of rotatable bonds is 7. The molecule has 1 fully saturated rings. The maximum atomic E-state index is 13.0. The van der Waals surface area contributed by atoms with Crippen LogP contribution in [0.1, 0.15) is 19.3 Å². The monoisotopic (exact) mass is 386 g/mol. The number of imide groups is 1. The molecule has 1 unspecified atom stereocenters. The average Bonchev–Trinajstić information content (AvgIpc) is 3.24. The fourth-order valence-electron chi connectivity index (χ4n) is 3.05. The van der Waals surface area contributed by atoms with Gasteiger partial charge in [0.2, 0.25) is 5.91 Å². The lowest BCUT2D eigenvalue weighted by Gasteiger charge is -2.24. The first kappa shape index (κ1) is 20.0. The molecule has 2 aromatic rings. The molecular weight excluding hydrogens is 363 g/mol. The van der Waals surface area contributed by atoms with Crippen molar-refractivity contribution >= 4 is 17.5 Å². The van der Waals surface area contributed by atoms with E-state index in [0.717, 1.165) is 13.0 Å². The van der Waals surface area contributed by atoms with Gasteiger partial charge in [0.15, 0.2) is 0 Å². The van der Waals surface area contributed by atoms with Gasteiger partial charge in [-0.1, -0.05) is 0 Å². The van der Waals surface area contributed by atoms with E-state index in [1.165, 1.54) is 36.3 Å². The molecule has 28 heavy (non-hydrogen) atoms. The highest BCUT2D eigenvalue weighted by Gasteiger charge is 2.31. The first-order chi connectivity index (χ1) is 13.6. The van der Waals surface area contributed by atoms with E-state index < -0.39 is 0 Å². The Morgan fingerprint density at radius 1 is 1.11 bits per heavy atom. The van der Waals surface area contributed by atoms with Gasteiger partial charge in [0.05, 0.1) is 24.8 Å². The average molecular weight is 386 g/mol. The normalized spacial score (nSPS) is 16.0. The SMILES string of the molecule is COCCC(=O)N(C(=O)C1CCCN1)c1ccc(Oc2ccc(F)cc2)cc1. The molecule has 1 aliphatic rings. The zero-order valence-corrected chi connectivity index (χ0v) is 15.7. The highest BCUT2D eigenvalue weighted by Crippen LogP contribution is 2.26. The number of methoxy groups -OCH3 is 1. The van der Waals surface area contributed by atoms with Crippen LogP contribution in [0.15, 0.2) is 48.5 Å². The van der Waals surface area contributed by atoms with Crippen LogP contribution >= 0.6 is 0 Å². The molecule has 2 aromatic carbocycles. The summed E-state index contributed by atoms with van der Waals surface area (Å²) in [5, 5.41) is 3.14. The Hall–Kier alpha value is -2.77. The van der Waals surface area contributed by atoms with Crippen molar-refractivity contribution in [1.29, 1.82) is 0 Å². The number of carbonyl (C=O) groups is 2. The number of ether oxygens (including phenoxy) is 2. The third-order valence-corrected chi connectivity index (χ3v) is 4.49. The highest BCUT2D eigenvalue weighted by atomic mass is 19.1. The molecule has 148 valence electrons. The largest absolute Gasteiger partial charge is 0.457 e. The molecule has 0 aromatic heterocycles. The van der Waals surface area contributed by atoms with Gasteiger partial charge in [-0.3, -0.25) is 9.59 Å². The molecule has 6 nitrogen and oxygen atoms in total. The molecule has 0 aliphatic carbocycles. The molecule has 2 amide bonds. The van der Waals surface area contributed by atoms with E-state index in [1.807, 2.05) is 0 Å². The van der Waals surface area contributed by atoms with Crippen LogP contribution in [-0.2, 0) is 14.3 Å². The molecule has 1 atom stereocenters. The second-order valence-corrected chi connectivity index (χ2v) is 6.51. The number of hydrogen-bond acceptors (Lipinski definition) is 5. The fourth-order valence-corrected chi connectivity index (χ4v) is 3.05. The minimum Gasteiger partial charge on any atom is -0.457 e. The van der Waals surface area contributed by atoms with Crippen molar-refractivity contribution in [2.24, 2.45) is 0 Å². The number of halogens is 1. The van der Waals surface area contributed by atoms with E-state index in [4.69, 9.17) is 9.47 Å². The van der Waals surface area contributed by atoms with Gasteiger partial charge in [-0.05, 0) is 67.9 Å². The number of anilines is 1. The van der Waals surface area contributed by atoms with Gasteiger partial charge < -0.3 is 14.8 Å². The number of amides is 2. The molecule has 0 bridgehead atoms. The first-order valence-electron chi connectivity index (χ1n) is 9.21. The number of carbonyl (C=O) groups excluding carboxylic acids is 2. The van der Waals surface area contributed by atoms with Crippen LogP contribution in [0.25, 0.3) is 0 Å². The molecule has 3 rings (SSSR count). The summed E-state index contributed by atoms with van der Waals surface area (Å²) in [5.74, 6) is 0.102. The number of nitrogens with zero attached hydrogens (tertiary/aromatic N) is 1. The molecule has 0 saturated carbocycles. The second-order valence-electron chi connectivity index (χ2n) is 6.51. The Bertz CT molecular complexity index is 802. The molecule has 1 N–H and O–H groups in total. The minimum atomic E-state index is -0.360. The van der Waals surface area contributed by atoms with Crippen LogP contribution in [-0.4, -0.2) is 38.1 Å². The summed E-state index contributed by atoms with van der Waals surface area (Å²) in [7, 11) is 1.51. The highest BCUT2D eigenvalue weighted by molar-refractivity contribution is 6.16. The van der Waals surface area contributed by atoms with Crippen molar-refractivity contribution < 1.29 is 23.5 Å². The van der Waals surface area contributed by atoms with Gasteiger partial charge in [0.1, 0.15) is 17.3 Å². The van der Waals surface area contributed by atoms with Crippen LogP contribution in [0.2, 0.25) is 0 Å². The van der Waals surface area contributed by atoms with Crippen LogP contribution < -0.4 is 15.0 Å². The van der Waals surface area contributed by atoms with Crippen molar-refractivity contribution in [2.45, 2.75) is 25.3 Å². The van der Waals surface area contributed by atoms with Gasteiger partial charge in [-0.2, -0.15) is 0 Å². The molecule has 0 radical (unpaired) electrons. The van der Waals surface area contributed by atoms with Crippen LogP contribution in [0, 0.1) is 5.82 Å². The molecule has 1 saturated heterocycles. The van der Waals surface area contributed by atoms with Crippen molar-refractivity contribution in [3.05, 3.63) is 54.3 Å². The third kappa shape index (κ3) is 4.94. The van der Waals surface area contributed by atoms with Crippen molar-refractivity contribution in [3.8, 4) is 11.5 Å². The lowest BCUT2D eigenvalue weighted by molar-refractivity contribution is -0.127. The summed E-state index contributed by atoms with van der Waals surface area (Å²) < 4.78 is 23.6. The third-order valence-electron chi connectivity index (χ3n) is 4.49. The second kappa shape index (κ2) is 9.43. The van der Waals surface area contributed by atoms with E-state index in [0.29, 0.717) is 23.6 Å². The Morgan fingerprint density at radius 3 is 2.32 bits per heavy atom. The summed E-state index contributed by atoms with van der Waals surface area (Å²) in [6.45, 7) is 1.01. The zero-order valence-electron chi connectivity index (χ0n) is 15.7. The van der Waals surface area contributed by atoms with Gasteiger partial charge >= 0.3 is 0 Å². The Morgan fingerprint density at radius 2 is 1.75 bits per heavy atom. The van der Waals surface area contributed by atoms with E-state index in [1.54, 1.807) is 24.3 Å². The van der Waals surface area contributed by atoms with E-state index in [9.17, 15) is 14.0 Å². The topological polar surface area (TPSA) is 67.9 Å². The standard InChI is InChI=1S/C21H23FN2O4/c1-27-14-12-20(25)24(21(26)19-3-2-13-23-19)16-6-10-18(11-7-16)28-17-8-4-15(22)5-9-17/h4-11,19,23H,2-3,12-14H2,1H3.